The highest BCUT2D eigenvalue weighted by atomic mass is 32.2. The van der Waals surface area contributed by atoms with E-state index >= 15 is 0 Å². The van der Waals surface area contributed by atoms with Gasteiger partial charge in [-0.25, -0.2) is 25.9 Å². The predicted octanol–water partition coefficient (Wildman–Crippen LogP) is 1.68. The van der Waals surface area contributed by atoms with Gasteiger partial charge in [0.15, 0.2) is 0 Å². The van der Waals surface area contributed by atoms with E-state index in [0.29, 0.717) is 16.5 Å². The van der Waals surface area contributed by atoms with E-state index in [1.54, 1.807) is 13.0 Å². The highest BCUT2D eigenvalue weighted by Crippen LogP contribution is 2.32. The van der Waals surface area contributed by atoms with Crippen molar-refractivity contribution in [1.82, 2.24) is 4.72 Å². The van der Waals surface area contributed by atoms with Gasteiger partial charge in [0.25, 0.3) is 0 Å². The lowest BCUT2D eigenvalue weighted by molar-refractivity contribution is -0.116. The van der Waals surface area contributed by atoms with Crippen LogP contribution >= 0.6 is 0 Å². The molecule has 0 saturated carbocycles. The third kappa shape index (κ3) is 5.00. The summed E-state index contributed by atoms with van der Waals surface area (Å²) in [4.78, 5) is 11.9. The monoisotopic (exact) mass is 468 g/mol. The van der Waals surface area contributed by atoms with E-state index in [1.165, 1.54) is 19.2 Å². The number of carbonyl (C=O) groups excluding carboxylic acids is 1. The summed E-state index contributed by atoms with van der Waals surface area (Å²) in [6.45, 7) is 2.00. The zero-order valence-corrected chi connectivity index (χ0v) is 18.8. The lowest BCUT2D eigenvalue weighted by Crippen LogP contribution is -2.30. The molecule has 2 aromatic rings. The molecule has 1 aliphatic heterocycles. The standard InChI is InChI=1S/C20H24N2O7S2/c1-3-29-18-9-8-16(22-20(23)11-13-30(22,24)25)14-19(18)31(26,27)21-12-10-15-6-4-5-7-17(15)28-2/h4-9,14,21H,3,10-13H2,1-2H3. The Bertz CT molecular complexity index is 1180. The van der Waals surface area contributed by atoms with Crippen LogP contribution < -0.4 is 18.5 Å². The molecule has 9 nitrogen and oxygen atoms in total. The summed E-state index contributed by atoms with van der Waals surface area (Å²) in [6, 6.07) is 11.1. The zero-order chi connectivity index (χ0) is 22.6. The molecule has 31 heavy (non-hydrogen) atoms. The van der Waals surface area contributed by atoms with Crippen molar-refractivity contribution < 1.29 is 31.1 Å². The number of hydrogen-bond acceptors (Lipinski definition) is 7. The number of nitrogens with zero attached hydrogens (tertiary/aromatic N) is 1. The summed E-state index contributed by atoms with van der Waals surface area (Å²) in [6.07, 6.45) is 0.237. The molecule has 0 radical (unpaired) electrons. The van der Waals surface area contributed by atoms with Crippen molar-refractivity contribution in [2.75, 3.05) is 30.3 Å². The fourth-order valence-corrected chi connectivity index (χ4v) is 5.93. The maximum absolute atomic E-state index is 13.0. The van der Waals surface area contributed by atoms with Gasteiger partial charge in [0.05, 0.1) is 25.2 Å². The molecule has 0 aliphatic carbocycles. The first-order valence-electron chi connectivity index (χ1n) is 9.64. The van der Waals surface area contributed by atoms with Crippen molar-refractivity contribution in [3.05, 3.63) is 48.0 Å². The second-order valence-electron chi connectivity index (χ2n) is 6.75. The van der Waals surface area contributed by atoms with Gasteiger partial charge in [0, 0.05) is 13.0 Å². The van der Waals surface area contributed by atoms with Gasteiger partial charge in [-0.3, -0.25) is 4.79 Å². The lowest BCUT2D eigenvalue weighted by atomic mass is 10.1. The molecule has 168 valence electrons. The molecule has 0 spiro atoms. The Labute approximate surface area is 182 Å². The number of benzene rings is 2. The first-order chi connectivity index (χ1) is 14.7. The van der Waals surface area contributed by atoms with Crippen molar-refractivity contribution in [1.29, 1.82) is 0 Å². The van der Waals surface area contributed by atoms with E-state index < -0.39 is 26.0 Å². The van der Waals surface area contributed by atoms with Crippen molar-refractivity contribution in [2.45, 2.75) is 24.7 Å². The Kier molecular flexibility index (Phi) is 6.87. The third-order valence-electron chi connectivity index (χ3n) is 4.71. The van der Waals surface area contributed by atoms with Crippen LogP contribution in [0, 0.1) is 0 Å². The van der Waals surface area contributed by atoms with Gasteiger partial charge in [-0.2, -0.15) is 0 Å². The quantitative estimate of drug-likeness (QED) is 0.595. The SMILES string of the molecule is CCOc1ccc(N2C(=O)CCS2(=O)=O)cc1S(=O)(=O)NCCc1ccccc1OC. The Morgan fingerprint density at radius 3 is 2.52 bits per heavy atom. The molecule has 0 unspecified atom stereocenters. The number of rotatable bonds is 9. The highest BCUT2D eigenvalue weighted by Gasteiger charge is 2.37. The molecule has 1 fully saturated rings. The number of sulfonamides is 2. The molecular weight excluding hydrogens is 444 g/mol. The molecule has 2 aromatic carbocycles. The number of para-hydroxylation sites is 1. The highest BCUT2D eigenvalue weighted by molar-refractivity contribution is 7.94. The predicted molar refractivity (Wildman–Crippen MR) is 115 cm³/mol. The Morgan fingerprint density at radius 1 is 1.13 bits per heavy atom. The van der Waals surface area contributed by atoms with Crippen LogP contribution in [-0.4, -0.2) is 48.8 Å². The molecule has 0 bridgehead atoms. The zero-order valence-electron chi connectivity index (χ0n) is 17.2. The maximum atomic E-state index is 13.0. The van der Waals surface area contributed by atoms with Crippen LogP contribution in [0.5, 0.6) is 11.5 Å². The van der Waals surface area contributed by atoms with Crippen molar-refractivity contribution >= 4 is 31.6 Å². The molecule has 11 heteroatoms. The number of anilines is 1. The maximum Gasteiger partial charge on any atom is 0.244 e. The molecule has 1 heterocycles. The van der Waals surface area contributed by atoms with Gasteiger partial charge < -0.3 is 9.47 Å². The number of methoxy groups -OCH3 is 1. The fraction of sp³-hybridized carbons (Fsp3) is 0.350. The van der Waals surface area contributed by atoms with Crippen LogP contribution in [0.4, 0.5) is 5.69 Å². The summed E-state index contributed by atoms with van der Waals surface area (Å²) in [5.41, 5.74) is 0.802. The normalized spacial score (nSPS) is 15.8. The summed E-state index contributed by atoms with van der Waals surface area (Å²) >= 11 is 0. The van der Waals surface area contributed by atoms with Crippen LogP contribution in [0.1, 0.15) is 18.9 Å². The van der Waals surface area contributed by atoms with Crippen LogP contribution in [-0.2, 0) is 31.3 Å². The van der Waals surface area contributed by atoms with E-state index in [2.05, 4.69) is 4.72 Å². The van der Waals surface area contributed by atoms with E-state index in [4.69, 9.17) is 9.47 Å². The average molecular weight is 469 g/mol. The summed E-state index contributed by atoms with van der Waals surface area (Å²) in [7, 11) is -6.34. The fourth-order valence-electron chi connectivity index (χ4n) is 3.28. The summed E-state index contributed by atoms with van der Waals surface area (Å²) < 4.78 is 64.3. The minimum Gasteiger partial charge on any atom is -0.496 e. The number of ether oxygens (including phenoxy) is 2. The number of amides is 1. The molecule has 1 N–H and O–H groups in total. The van der Waals surface area contributed by atoms with Crippen LogP contribution in [0.15, 0.2) is 47.4 Å². The number of hydrogen-bond donors (Lipinski definition) is 1. The molecule has 0 atom stereocenters. The average Bonchev–Trinajstić information content (AvgIpc) is 3.01. The Balaban J connectivity index is 1.88. The summed E-state index contributed by atoms with van der Waals surface area (Å²) in [5, 5.41) is 0. The second-order valence-corrected chi connectivity index (χ2v) is 10.4. The Hall–Kier alpha value is -2.63. The molecule has 1 aliphatic rings. The topological polar surface area (TPSA) is 119 Å². The lowest BCUT2D eigenvalue weighted by Gasteiger charge is -2.18. The minimum atomic E-state index is -4.06. The molecular formula is C20H24N2O7S2. The van der Waals surface area contributed by atoms with E-state index in [0.717, 1.165) is 11.6 Å². The van der Waals surface area contributed by atoms with Gasteiger partial charge in [-0.15, -0.1) is 0 Å². The van der Waals surface area contributed by atoms with Crippen molar-refractivity contribution in [3.63, 3.8) is 0 Å². The largest absolute Gasteiger partial charge is 0.496 e. The van der Waals surface area contributed by atoms with Crippen molar-refractivity contribution in [2.24, 2.45) is 0 Å². The van der Waals surface area contributed by atoms with Gasteiger partial charge >= 0.3 is 0 Å². The molecule has 0 aromatic heterocycles. The summed E-state index contributed by atoms with van der Waals surface area (Å²) in [5.74, 6) is -0.189. The minimum absolute atomic E-state index is 0.0314. The van der Waals surface area contributed by atoms with Crippen LogP contribution in [0.3, 0.4) is 0 Å². The molecule has 1 amide bonds. The van der Waals surface area contributed by atoms with E-state index in [1.807, 2.05) is 18.2 Å². The first-order valence-corrected chi connectivity index (χ1v) is 12.7. The molecule has 1 saturated heterocycles. The van der Waals surface area contributed by atoms with Crippen LogP contribution in [0.25, 0.3) is 0 Å². The first kappa shape index (κ1) is 23.0. The van der Waals surface area contributed by atoms with E-state index in [-0.39, 0.29) is 41.7 Å². The third-order valence-corrected chi connectivity index (χ3v) is 7.88. The number of nitrogens with one attached hydrogen (secondary N) is 1. The van der Waals surface area contributed by atoms with E-state index in [9.17, 15) is 21.6 Å². The number of carbonyl (C=O) groups is 1. The van der Waals surface area contributed by atoms with Crippen LogP contribution in [0.2, 0.25) is 0 Å². The van der Waals surface area contributed by atoms with Gasteiger partial charge in [0.1, 0.15) is 16.4 Å². The second kappa shape index (κ2) is 9.25. The van der Waals surface area contributed by atoms with Gasteiger partial charge in [0.2, 0.25) is 26.0 Å². The Morgan fingerprint density at radius 2 is 1.87 bits per heavy atom. The van der Waals surface area contributed by atoms with Crippen molar-refractivity contribution in [3.8, 4) is 11.5 Å². The van der Waals surface area contributed by atoms with Gasteiger partial charge in [-0.05, 0) is 43.2 Å². The van der Waals surface area contributed by atoms with Gasteiger partial charge in [-0.1, -0.05) is 18.2 Å². The smallest absolute Gasteiger partial charge is 0.244 e. The molecule has 3 rings (SSSR count).